The second-order valence-corrected chi connectivity index (χ2v) is 3.96. The Bertz CT molecular complexity index is 600. The van der Waals surface area contributed by atoms with Crippen molar-refractivity contribution in [1.82, 2.24) is 0 Å². The Kier molecular flexibility index (Phi) is 4.08. The molecule has 0 bridgehead atoms. The van der Waals surface area contributed by atoms with Gasteiger partial charge in [0.2, 0.25) is 0 Å². The van der Waals surface area contributed by atoms with E-state index >= 15 is 0 Å². The molecule has 2 aromatic carbocycles. The zero-order valence-electron chi connectivity index (χ0n) is 10.5. The fourth-order valence-electron chi connectivity index (χ4n) is 1.85. The molecule has 2 nitrogen and oxygen atoms in total. The Morgan fingerprint density at radius 1 is 1.11 bits per heavy atom. The van der Waals surface area contributed by atoms with Crippen LogP contribution in [-0.2, 0) is 4.79 Å². The number of hydrogen-bond donors (Lipinski definition) is 0. The van der Waals surface area contributed by atoms with Crippen LogP contribution in [0.15, 0.2) is 54.6 Å². The number of carbonyl (C=O) groups is 1. The molecule has 0 radical (unpaired) electrons. The summed E-state index contributed by atoms with van der Waals surface area (Å²) in [4.78, 5) is 10.8. The zero-order valence-corrected chi connectivity index (χ0v) is 10.5. The topological polar surface area (TPSA) is 26.3 Å². The molecule has 2 aromatic rings. The first kappa shape index (κ1) is 13.0. The maximum atomic E-state index is 12.9. The largest absolute Gasteiger partial charge is 0.497 e. The average molecular weight is 256 g/mol. The van der Waals surface area contributed by atoms with Crippen molar-refractivity contribution >= 4 is 11.9 Å². The van der Waals surface area contributed by atoms with Crippen molar-refractivity contribution in [3.8, 4) is 5.75 Å². The third-order valence-corrected chi connectivity index (χ3v) is 2.77. The number of allylic oxidation sites excluding steroid dienone is 1. The number of carbonyl (C=O) groups excluding carboxylic acids is 1. The van der Waals surface area contributed by atoms with Crippen molar-refractivity contribution in [3.05, 3.63) is 71.6 Å². The predicted molar refractivity (Wildman–Crippen MR) is 72.5 cm³/mol. The van der Waals surface area contributed by atoms with Crippen LogP contribution in [0.4, 0.5) is 4.39 Å². The summed E-state index contributed by atoms with van der Waals surface area (Å²) in [5.74, 6) is 0.399. The second kappa shape index (κ2) is 5.96. The van der Waals surface area contributed by atoms with Crippen LogP contribution in [-0.4, -0.2) is 13.4 Å². The van der Waals surface area contributed by atoms with Crippen LogP contribution in [0.2, 0.25) is 0 Å². The minimum absolute atomic E-state index is 0.306. The van der Waals surface area contributed by atoms with Gasteiger partial charge < -0.3 is 4.74 Å². The van der Waals surface area contributed by atoms with Gasteiger partial charge in [0.25, 0.3) is 0 Å². The summed E-state index contributed by atoms with van der Waals surface area (Å²) < 4.78 is 18.1. The molecule has 0 fully saturated rings. The number of hydrogen-bond acceptors (Lipinski definition) is 2. The maximum Gasteiger partial charge on any atom is 0.143 e. The Morgan fingerprint density at radius 3 is 2.47 bits per heavy atom. The number of rotatable bonds is 4. The van der Waals surface area contributed by atoms with E-state index in [1.165, 1.54) is 18.2 Å². The first-order valence-electron chi connectivity index (χ1n) is 5.80. The van der Waals surface area contributed by atoms with E-state index in [0.29, 0.717) is 5.75 Å². The fraction of sp³-hybridized carbons (Fsp3) is 0.0625. The van der Waals surface area contributed by atoms with Gasteiger partial charge in [-0.3, -0.25) is 4.79 Å². The van der Waals surface area contributed by atoms with Gasteiger partial charge in [0.15, 0.2) is 0 Å². The van der Waals surface area contributed by atoms with E-state index in [1.807, 2.05) is 24.3 Å². The summed E-state index contributed by atoms with van der Waals surface area (Å²) in [6.07, 6.45) is 2.18. The molecule has 0 saturated heterocycles. The van der Waals surface area contributed by atoms with E-state index in [2.05, 4.69) is 0 Å². The minimum Gasteiger partial charge on any atom is -0.497 e. The van der Waals surface area contributed by atoms with Crippen LogP contribution in [0.5, 0.6) is 5.75 Å². The summed E-state index contributed by atoms with van der Waals surface area (Å²) in [6.45, 7) is 0. The molecule has 0 amide bonds. The fourth-order valence-corrected chi connectivity index (χ4v) is 1.85. The molecule has 0 unspecified atom stereocenters. The second-order valence-electron chi connectivity index (χ2n) is 3.96. The van der Waals surface area contributed by atoms with E-state index < -0.39 is 0 Å². The molecular weight excluding hydrogens is 243 g/mol. The molecule has 0 saturated carbocycles. The standard InChI is InChI=1S/C16H13FO2/c1-19-15-4-2-3-13(11-15)16(9-10-18)12-5-7-14(17)8-6-12/h2-11H,1H3. The lowest BCUT2D eigenvalue weighted by molar-refractivity contribution is -0.104. The van der Waals surface area contributed by atoms with Gasteiger partial charge in [0, 0.05) is 0 Å². The lowest BCUT2D eigenvalue weighted by atomic mass is 9.97. The lowest BCUT2D eigenvalue weighted by Gasteiger charge is -2.09. The third kappa shape index (κ3) is 3.07. The van der Waals surface area contributed by atoms with Crippen molar-refractivity contribution in [2.75, 3.05) is 7.11 Å². The summed E-state index contributed by atoms with van der Waals surface area (Å²) in [7, 11) is 1.58. The van der Waals surface area contributed by atoms with Crippen molar-refractivity contribution in [2.24, 2.45) is 0 Å². The van der Waals surface area contributed by atoms with Gasteiger partial charge in [0.05, 0.1) is 7.11 Å². The molecule has 0 aromatic heterocycles. The number of ether oxygens (including phenoxy) is 1. The lowest BCUT2D eigenvalue weighted by Crippen LogP contribution is -1.91. The highest BCUT2D eigenvalue weighted by Crippen LogP contribution is 2.26. The Labute approximate surface area is 111 Å². The van der Waals surface area contributed by atoms with Crippen molar-refractivity contribution in [1.29, 1.82) is 0 Å². The first-order valence-corrected chi connectivity index (χ1v) is 5.80. The molecule has 0 aliphatic carbocycles. The van der Waals surface area contributed by atoms with Crippen LogP contribution < -0.4 is 4.74 Å². The van der Waals surface area contributed by atoms with Gasteiger partial charge in [-0.2, -0.15) is 0 Å². The molecule has 0 aliphatic rings. The summed E-state index contributed by atoms with van der Waals surface area (Å²) in [5, 5.41) is 0. The predicted octanol–water partition coefficient (Wildman–Crippen LogP) is 3.46. The van der Waals surface area contributed by atoms with E-state index in [1.54, 1.807) is 19.2 Å². The first-order chi connectivity index (χ1) is 9.24. The SMILES string of the molecule is COc1cccc(C(=CC=O)c2ccc(F)cc2)c1. The minimum atomic E-state index is -0.306. The maximum absolute atomic E-state index is 12.9. The normalized spacial score (nSPS) is 11.2. The van der Waals surface area contributed by atoms with Crippen molar-refractivity contribution in [2.45, 2.75) is 0 Å². The zero-order chi connectivity index (χ0) is 13.7. The number of aldehydes is 1. The average Bonchev–Trinajstić information content (AvgIpc) is 2.46. The van der Waals surface area contributed by atoms with Crippen LogP contribution in [0, 0.1) is 5.82 Å². The van der Waals surface area contributed by atoms with E-state index in [4.69, 9.17) is 4.74 Å². The molecule has 0 heterocycles. The Hall–Kier alpha value is -2.42. The van der Waals surface area contributed by atoms with Gasteiger partial charge in [-0.05, 0) is 47.0 Å². The van der Waals surface area contributed by atoms with Crippen molar-refractivity contribution in [3.63, 3.8) is 0 Å². The number of halogens is 1. The molecule has 3 heteroatoms. The molecule has 96 valence electrons. The third-order valence-electron chi connectivity index (χ3n) is 2.77. The van der Waals surface area contributed by atoms with Crippen LogP contribution >= 0.6 is 0 Å². The van der Waals surface area contributed by atoms with Gasteiger partial charge in [0.1, 0.15) is 17.9 Å². The highest BCUT2D eigenvalue weighted by Gasteiger charge is 2.06. The van der Waals surface area contributed by atoms with E-state index in [9.17, 15) is 9.18 Å². The molecular formula is C16H13FO2. The Morgan fingerprint density at radius 2 is 1.84 bits per heavy atom. The highest BCUT2D eigenvalue weighted by molar-refractivity contribution is 5.89. The van der Waals surface area contributed by atoms with E-state index in [0.717, 1.165) is 23.0 Å². The molecule has 0 atom stereocenters. The Balaban J connectivity index is 2.48. The van der Waals surface area contributed by atoms with Crippen LogP contribution in [0.3, 0.4) is 0 Å². The molecule has 2 rings (SSSR count). The monoisotopic (exact) mass is 256 g/mol. The molecule has 0 spiro atoms. The van der Waals surface area contributed by atoms with Crippen LogP contribution in [0.1, 0.15) is 11.1 Å². The van der Waals surface area contributed by atoms with Gasteiger partial charge >= 0.3 is 0 Å². The van der Waals surface area contributed by atoms with Gasteiger partial charge in [-0.25, -0.2) is 4.39 Å². The smallest absolute Gasteiger partial charge is 0.143 e. The number of methoxy groups -OCH3 is 1. The van der Waals surface area contributed by atoms with Gasteiger partial charge in [-0.15, -0.1) is 0 Å². The molecule has 0 aliphatic heterocycles. The summed E-state index contributed by atoms with van der Waals surface area (Å²) >= 11 is 0. The summed E-state index contributed by atoms with van der Waals surface area (Å²) in [5.41, 5.74) is 2.36. The van der Waals surface area contributed by atoms with E-state index in [-0.39, 0.29) is 5.82 Å². The van der Waals surface area contributed by atoms with Crippen molar-refractivity contribution < 1.29 is 13.9 Å². The van der Waals surface area contributed by atoms with Crippen LogP contribution in [0.25, 0.3) is 5.57 Å². The molecule has 0 N–H and O–H groups in total. The molecule has 19 heavy (non-hydrogen) atoms. The highest BCUT2D eigenvalue weighted by atomic mass is 19.1. The summed E-state index contributed by atoms with van der Waals surface area (Å²) in [6, 6.07) is 13.4. The number of benzene rings is 2. The quantitative estimate of drug-likeness (QED) is 0.618. The van der Waals surface area contributed by atoms with Gasteiger partial charge in [-0.1, -0.05) is 24.3 Å².